The minimum absolute atomic E-state index is 0.129. The summed E-state index contributed by atoms with van der Waals surface area (Å²) in [4.78, 5) is 25.9. The fourth-order valence-electron chi connectivity index (χ4n) is 1.83. The molecule has 1 aliphatic heterocycles. The predicted octanol–water partition coefficient (Wildman–Crippen LogP) is -0.140. The number of aromatic nitrogens is 1. The van der Waals surface area contributed by atoms with E-state index in [2.05, 4.69) is 10.3 Å². The fraction of sp³-hybridized carbons (Fsp3) is 0.400. The molecule has 8 heteroatoms. The Morgan fingerprint density at radius 3 is 3.00 bits per heavy atom. The van der Waals surface area contributed by atoms with Gasteiger partial charge in [0.2, 0.25) is 0 Å². The van der Waals surface area contributed by atoms with Gasteiger partial charge in [0, 0.05) is 25.7 Å². The van der Waals surface area contributed by atoms with E-state index in [4.69, 9.17) is 5.26 Å². The molecule has 2 N–H and O–H groups in total. The molecular formula is C10H11N5O3. The molecule has 0 spiro atoms. The molecule has 0 saturated carbocycles. The minimum Gasteiger partial charge on any atom is -0.358 e. The average molecular weight is 249 g/mol. The Kier molecular flexibility index (Phi) is 3.25. The van der Waals surface area contributed by atoms with E-state index in [9.17, 15) is 14.9 Å². The molecule has 0 bridgehead atoms. The molecule has 18 heavy (non-hydrogen) atoms. The summed E-state index contributed by atoms with van der Waals surface area (Å²) < 4.78 is 0. The maximum atomic E-state index is 12.1. The van der Waals surface area contributed by atoms with Crippen molar-refractivity contribution < 1.29 is 9.72 Å². The molecule has 1 aromatic heterocycles. The highest BCUT2D eigenvalue weighted by molar-refractivity contribution is 5.93. The molecule has 1 atom stereocenters. The lowest BCUT2D eigenvalue weighted by Gasteiger charge is -2.30. The summed E-state index contributed by atoms with van der Waals surface area (Å²) in [6, 6.07) is 4.07. The van der Waals surface area contributed by atoms with Gasteiger partial charge in [-0.05, 0) is 11.0 Å². The van der Waals surface area contributed by atoms with Crippen molar-refractivity contribution in [3.63, 3.8) is 0 Å². The van der Waals surface area contributed by atoms with Crippen LogP contribution in [0.25, 0.3) is 0 Å². The minimum atomic E-state index is -0.601. The van der Waals surface area contributed by atoms with Crippen molar-refractivity contribution >= 4 is 11.7 Å². The van der Waals surface area contributed by atoms with E-state index in [0.29, 0.717) is 19.6 Å². The van der Waals surface area contributed by atoms with Crippen molar-refractivity contribution in [2.24, 2.45) is 0 Å². The molecule has 1 saturated heterocycles. The number of hydrogen-bond acceptors (Lipinski definition) is 5. The van der Waals surface area contributed by atoms with Gasteiger partial charge < -0.3 is 20.3 Å². The summed E-state index contributed by atoms with van der Waals surface area (Å²) in [6.07, 6.45) is 0. The Hall–Kier alpha value is -2.40. The molecule has 2 heterocycles. The molecule has 8 nitrogen and oxygen atoms in total. The van der Waals surface area contributed by atoms with Crippen LogP contribution in [0, 0.1) is 21.4 Å². The normalized spacial score (nSPS) is 19.3. The third kappa shape index (κ3) is 2.16. The van der Waals surface area contributed by atoms with E-state index in [0.717, 1.165) is 0 Å². The number of nitrogens with one attached hydrogen (secondary N) is 2. The molecule has 94 valence electrons. The first-order valence-corrected chi connectivity index (χ1v) is 5.38. The van der Waals surface area contributed by atoms with Gasteiger partial charge in [-0.3, -0.25) is 4.79 Å². The van der Waals surface area contributed by atoms with E-state index < -0.39 is 16.9 Å². The second kappa shape index (κ2) is 4.85. The van der Waals surface area contributed by atoms with Crippen LogP contribution in [-0.2, 0) is 0 Å². The molecular weight excluding hydrogens is 238 g/mol. The van der Waals surface area contributed by atoms with Crippen molar-refractivity contribution in [2.45, 2.75) is 6.04 Å². The summed E-state index contributed by atoms with van der Waals surface area (Å²) in [6.45, 7) is 1.42. The van der Waals surface area contributed by atoms with Gasteiger partial charge in [-0.15, -0.1) is 0 Å². The van der Waals surface area contributed by atoms with Crippen LogP contribution in [0.3, 0.4) is 0 Å². The molecule has 1 aromatic rings. The molecule has 0 radical (unpaired) electrons. The molecule has 0 aromatic carbocycles. The van der Waals surface area contributed by atoms with Crippen LogP contribution < -0.4 is 5.32 Å². The Labute approximate surface area is 102 Å². The Morgan fingerprint density at radius 2 is 2.39 bits per heavy atom. The zero-order valence-electron chi connectivity index (χ0n) is 9.42. The smallest absolute Gasteiger partial charge is 0.321 e. The van der Waals surface area contributed by atoms with E-state index in [1.54, 1.807) is 0 Å². The number of nitro groups is 1. The van der Waals surface area contributed by atoms with Crippen molar-refractivity contribution in [1.82, 2.24) is 15.2 Å². The summed E-state index contributed by atoms with van der Waals surface area (Å²) in [5, 5.41) is 22.5. The van der Waals surface area contributed by atoms with Crippen LogP contribution in [0.2, 0.25) is 0 Å². The summed E-state index contributed by atoms with van der Waals surface area (Å²) in [5.41, 5.74) is 0.129. The quantitative estimate of drug-likeness (QED) is 0.559. The number of H-pyrrole nitrogens is 1. The largest absolute Gasteiger partial charge is 0.358 e. The van der Waals surface area contributed by atoms with Crippen LogP contribution in [-0.4, -0.2) is 46.4 Å². The van der Waals surface area contributed by atoms with Gasteiger partial charge in [-0.25, -0.2) is 4.98 Å². The lowest BCUT2D eigenvalue weighted by molar-refractivity contribution is -0.389. The number of hydrogen-bond donors (Lipinski definition) is 2. The van der Waals surface area contributed by atoms with Gasteiger partial charge in [-0.1, -0.05) is 0 Å². The molecule has 0 aliphatic carbocycles. The number of nitriles is 1. The van der Waals surface area contributed by atoms with Crippen molar-refractivity contribution in [3.05, 3.63) is 27.9 Å². The number of amides is 1. The Morgan fingerprint density at radius 1 is 1.61 bits per heavy atom. The highest BCUT2D eigenvalue weighted by Gasteiger charge is 2.29. The number of aromatic amines is 1. The second-order valence-electron chi connectivity index (χ2n) is 3.86. The lowest BCUT2D eigenvalue weighted by Crippen LogP contribution is -2.53. The summed E-state index contributed by atoms with van der Waals surface area (Å²) in [5.74, 6) is -0.627. The van der Waals surface area contributed by atoms with Crippen molar-refractivity contribution in [3.8, 4) is 6.07 Å². The molecule has 1 unspecified atom stereocenters. The van der Waals surface area contributed by atoms with E-state index in [1.165, 1.54) is 17.0 Å². The number of rotatable bonds is 2. The molecule has 2 rings (SSSR count). The fourth-order valence-corrected chi connectivity index (χ4v) is 1.83. The molecule has 1 aliphatic rings. The molecule has 1 fully saturated rings. The lowest BCUT2D eigenvalue weighted by atomic mass is 10.2. The summed E-state index contributed by atoms with van der Waals surface area (Å²) >= 11 is 0. The first-order chi connectivity index (χ1) is 8.63. The zero-order chi connectivity index (χ0) is 13.1. The maximum Gasteiger partial charge on any atom is 0.321 e. The van der Waals surface area contributed by atoms with E-state index in [-0.39, 0.29) is 11.5 Å². The van der Waals surface area contributed by atoms with Crippen molar-refractivity contribution in [2.75, 3.05) is 19.6 Å². The maximum absolute atomic E-state index is 12.1. The number of carbonyl (C=O) groups excluding carboxylic acids is 1. The van der Waals surface area contributed by atoms with Gasteiger partial charge >= 0.3 is 5.82 Å². The average Bonchev–Trinajstić information content (AvgIpc) is 2.87. The zero-order valence-corrected chi connectivity index (χ0v) is 9.42. The van der Waals surface area contributed by atoms with E-state index in [1.807, 2.05) is 6.07 Å². The first-order valence-electron chi connectivity index (χ1n) is 5.38. The van der Waals surface area contributed by atoms with Gasteiger partial charge in [0.1, 0.15) is 6.04 Å². The van der Waals surface area contributed by atoms with Gasteiger partial charge in [0.25, 0.3) is 5.91 Å². The number of nitrogens with zero attached hydrogens (tertiary/aromatic N) is 3. The summed E-state index contributed by atoms with van der Waals surface area (Å²) in [7, 11) is 0. The Balaban J connectivity index is 2.19. The van der Waals surface area contributed by atoms with Gasteiger partial charge in [-0.2, -0.15) is 5.26 Å². The van der Waals surface area contributed by atoms with Crippen LogP contribution in [0.5, 0.6) is 0 Å². The SMILES string of the molecule is N#CC1CNCCN1C(=O)c1ccc([N+](=O)[O-])[nH]1. The first kappa shape index (κ1) is 12.1. The van der Waals surface area contributed by atoms with Crippen LogP contribution in [0.1, 0.15) is 10.5 Å². The number of carbonyl (C=O) groups is 1. The Bertz CT molecular complexity index is 518. The monoisotopic (exact) mass is 249 g/mol. The van der Waals surface area contributed by atoms with E-state index >= 15 is 0 Å². The number of piperazine rings is 1. The van der Waals surface area contributed by atoms with Crippen LogP contribution in [0.15, 0.2) is 12.1 Å². The van der Waals surface area contributed by atoms with Crippen LogP contribution in [0.4, 0.5) is 5.82 Å². The third-order valence-corrected chi connectivity index (χ3v) is 2.75. The van der Waals surface area contributed by atoms with Crippen LogP contribution >= 0.6 is 0 Å². The topological polar surface area (TPSA) is 115 Å². The highest BCUT2D eigenvalue weighted by Crippen LogP contribution is 2.14. The molecule has 1 amide bonds. The highest BCUT2D eigenvalue weighted by atomic mass is 16.6. The predicted molar refractivity (Wildman–Crippen MR) is 60.8 cm³/mol. The third-order valence-electron chi connectivity index (χ3n) is 2.75. The van der Waals surface area contributed by atoms with Crippen molar-refractivity contribution in [1.29, 1.82) is 5.26 Å². The van der Waals surface area contributed by atoms with Gasteiger partial charge in [0.15, 0.2) is 5.69 Å². The second-order valence-corrected chi connectivity index (χ2v) is 3.86. The standard InChI is InChI=1S/C10H11N5O3/c11-5-7-6-12-3-4-14(7)10(16)8-1-2-9(13-8)15(17)18/h1-2,7,12-13H,3-4,6H2. The van der Waals surface area contributed by atoms with Gasteiger partial charge in [0.05, 0.1) is 6.07 Å².